The summed E-state index contributed by atoms with van der Waals surface area (Å²) in [4.78, 5) is 12.5. The molecule has 1 amide bonds. The fourth-order valence-electron chi connectivity index (χ4n) is 3.46. The normalized spacial score (nSPS) is 15.7. The number of ether oxygens (including phenoxy) is 1. The van der Waals surface area contributed by atoms with Gasteiger partial charge in [-0.3, -0.25) is 4.79 Å². The Balaban J connectivity index is 1.54. The summed E-state index contributed by atoms with van der Waals surface area (Å²) in [5.74, 6) is 0.201. The number of sulfonamides is 1. The van der Waals surface area contributed by atoms with E-state index in [-0.39, 0.29) is 17.6 Å². The molecule has 0 aliphatic carbocycles. The lowest BCUT2D eigenvalue weighted by Crippen LogP contribution is -2.43. The van der Waals surface area contributed by atoms with Crippen molar-refractivity contribution in [2.75, 3.05) is 20.2 Å². The van der Waals surface area contributed by atoms with Crippen LogP contribution in [0.5, 0.6) is 5.75 Å². The van der Waals surface area contributed by atoms with Crippen molar-refractivity contribution in [1.82, 2.24) is 9.62 Å². The average Bonchev–Trinajstić information content (AvgIpc) is 2.75. The molecule has 2 aromatic carbocycles. The second-order valence-electron chi connectivity index (χ2n) is 7.20. The third-order valence-corrected chi connectivity index (χ3v) is 7.72. The zero-order chi connectivity index (χ0) is 21.7. The Hall–Kier alpha value is -1.80. The lowest BCUT2D eigenvalue weighted by Gasteiger charge is -2.30. The van der Waals surface area contributed by atoms with Crippen LogP contribution in [0.25, 0.3) is 0 Å². The maximum Gasteiger partial charge on any atom is 0.223 e. The third-order valence-electron chi connectivity index (χ3n) is 5.21. The highest BCUT2D eigenvalue weighted by Gasteiger charge is 2.31. The molecule has 0 spiro atoms. The molecule has 9 heteroatoms. The molecule has 6 nitrogen and oxygen atoms in total. The SMILES string of the molecule is COc1cccc(CNC(=O)C2CCN(S(=O)(=O)Cc3c(Cl)cccc3Cl)CC2)c1. The van der Waals surface area contributed by atoms with Crippen molar-refractivity contribution in [1.29, 1.82) is 0 Å². The van der Waals surface area contributed by atoms with E-state index in [0.717, 1.165) is 11.3 Å². The van der Waals surface area contributed by atoms with Crippen LogP contribution in [-0.4, -0.2) is 38.8 Å². The standard InChI is InChI=1S/C21H24Cl2N2O4S/c1-29-17-5-2-4-15(12-17)13-24-21(26)16-8-10-25(11-9-16)30(27,28)14-18-19(22)6-3-7-20(18)23/h2-7,12,16H,8-11,13-14H2,1H3,(H,24,26). The summed E-state index contributed by atoms with van der Waals surface area (Å²) >= 11 is 12.2. The number of hydrogen-bond acceptors (Lipinski definition) is 4. The van der Waals surface area contributed by atoms with Crippen LogP contribution >= 0.6 is 23.2 Å². The molecular weight excluding hydrogens is 447 g/mol. The first-order valence-corrected chi connectivity index (χ1v) is 12.0. The number of carbonyl (C=O) groups is 1. The maximum absolute atomic E-state index is 12.8. The van der Waals surface area contributed by atoms with Crippen LogP contribution in [0.4, 0.5) is 0 Å². The lowest BCUT2D eigenvalue weighted by atomic mass is 9.97. The Morgan fingerprint density at radius 1 is 1.13 bits per heavy atom. The molecule has 0 saturated carbocycles. The minimum absolute atomic E-state index is 0.0657. The molecule has 2 aromatic rings. The van der Waals surface area contributed by atoms with Crippen LogP contribution in [-0.2, 0) is 27.1 Å². The van der Waals surface area contributed by atoms with Gasteiger partial charge in [-0.05, 0) is 42.7 Å². The van der Waals surface area contributed by atoms with Crippen LogP contribution < -0.4 is 10.1 Å². The summed E-state index contributed by atoms with van der Waals surface area (Å²) < 4.78 is 32.2. The van der Waals surface area contributed by atoms with E-state index in [4.69, 9.17) is 27.9 Å². The Morgan fingerprint density at radius 2 is 1.77 bits per heavy atom. The molecule has 30 heavy (non-hydrogen) atoms. The first-order valence-electron chi connectivity index (χ1n) is 9.61. The quantitative estimate of drug-likeness (QED) is 0.666. The molecule has 1 saturated heterocycles. The Bertz CT molecular complexity index is 986. The topological polar surface area (TPSA) is 75.7 Å². The van der Waals surface area contributed by atoms with E-state index in [1.807, 2.05) is 24.3 Å². The molecule has 0 unspecified atom stereocenters. The molecule has 1 fully saturated rings. The molecule has 0 radical (unpaired) electrons. The molecular formula is C21H24Cl2N2O4S. The molecule has 1 aliphatic heterocycles. The molecule has 1 heterocycles. The monoisotopic (exact) mass is 470 g/mol. The summed E-state index contributed by atoms with van der Waals surface area (Å²) in [5, 5.41) is 3.59. The smallest absolute Gasteiger partial charge is 0.223 e. The average molecular weight is 471 g/mol. The first-order chi connectivity index (χ1) is 14.3. The molecule has 1 aliphatic rings. The van der Waals surface area contributed by atoms with Crippen LogP contribution in [0.15, 0.2) is 42.5 Å². The van der Waals surface area contributed by atoms with E-state index >= 15 is 0 Å². The lowest BCUT2D eigenvalue weighted by molar-refractivity contribution is -0.126. The number of benzene rings is 2. The molecule has 0 bridgehead atoms. The molecule has 1 N–H and O–H groups in total. The number of hydrogen-bond donors (Lipinski definition) is 1. The van der Waals surface area contributed by atoms with E-state index in [0.29, 0.717) is 48.1 Å². The Kier molecular flexibility index (Phi) is 7.63. The van der Waals surface area contributed by atoms with E-state index in [1.54, 1.807) is 25.3 Å². The number of carbonyl (C=O) groups excluding carboxylic acids is 1. The van der Waals surface area contributed by atoms with Gasteiger partial charge in [-0.25, -0.2) is 12.7 Å². The number of piperidine rings is 1. The summed E-state index contributed by atoms with van der Waals surface area (Å²) in [6.07, 6.45) is 0.943. The number of rotatable bonds is 7. The fraction of sp³-hybridized carbons (Fsp3) is 0.381. The van der Waals surface area contributed by atoms with Gasteiger partial charge < -0.3 is 10.1 Å². The second-order valence-corrected chi connectivity index (χ2v) is 9.98. The minimum Gasteiger partial charge on any atom is -0.497 e. The number of methoxy groups -OCH3 is 1. The zero-order valence-corrected chi connectivity index (χ0v) is 18.9. The number of nitrogens with zero attached hydrogens (tertiary/aromatic N) is 1. The van der Waals surface area contributed by atoms with Crippen LogP contribution in [0.1, 0.15) is 24.0 Å². The fourth-order valence-corrected chi connectivity index (χ4v) is 5.77. The summed E-state index contributed by atoms with van der Waals surface area (Å²) in [5.41, 5.74) is 1.35. The van der Waals surface area contributed by atoms with E-state index < -0.39 is 10.0 Å². The predicted molar refractivity (Wildman–Crippen MR) is 118 cm³/mol. The first kappa shape index (κ1) is 22.9. The van der Waals surface area contributed by atoms with Crippen LogP contribution in [0.2, 0.25) is 10.0 Å². The van der Waals surface area contributed by atoms with Crippen molar-refractivity contribution in [2.45, 2.75) is 25.1 Å². The summed E-state index contributed by atoms with van der Waals surface area (Å²) in [6.45, 7) is 0.989. The van der Waals surface area contributed by atoms with Crippen molar-refractivity contribution in [3.63, 3.8) is 0 Å². The van der Waals surface area contributed by atoms with Gasteiger partial charge in [0.15, 0.2) is 0 Å². The molecule has 162 valence electrons. The number of nitrogens with one attached hydrogen (secondary N) is 1. The molecule has 0 aromatic heterocycles. The highest BCUT2D eigenvalue weighted by molar-refractivity contribution is 7.88. The number of amides is 1. The maximum atomic E-state index is 12.8. The van der Waals surface area contributed by atoms with Gasteiger partial charge in [-0.2, -0.15) is 0 Å². The van der Waals surface area contributed by atoms with E-state index in [1.165, 1.54) is 4.31 Å². The van der Waals surface area contributed by atoms with Gasteiger partial charge in [0.05, 0.1) is 12.9 Å². The third kappa shape index (κ3) is 5.66. The van der Waals surface area contributed by atoms with Crippen molar-refractivity contribution >= 4 is 39.1 Å². The van der Waals surface area contributed by atoms with Gasteiger partial charge in [0.2, 0.25) is 15.9 Å². The van der Waals surface area contributed by atoms with E-state index in [2.05, 4.69) is 5.32 Å². The van der Waals surface area contributed by atoms with E-state index in [9.17, 15) is 13.2 Å². The summed E-state index contributed by atoms with van der Waals surface area (Å²) in [6, 6.07) is 12.4. The summed E-state index contributed by atoms with van der Waals surface area (Å²) in [7, 11) is -1.98. The van der Waals surface area contributed by atoms with Gasteiger partial charge >= 0.3 is 0 Å². The van der Waals surface area contributed by atoms with Gasteiger partial charge in [0.1, 0.15) is 5.75 Å². The zero-order valence-electron chi connectivity index (χ0n) is 16.6. The van der Waals surface area contributed by atoms with Crippen LogP contribution in [0.3, 0.4) is 0 Å². The highest BCUT2D eigenvalue weighted by atomic mass is 35.5. The van der Waals surface area contributed by atoms with Crippen molar-refractivity contribution in [3.8, 4) is 5.75 Å². The van der Waals surface area contributed by atoms with Gasteiger partial charge in [-0.1, -0.05) is 41.4 Å². The Morgan fingerprint density at radius 3 is 2.40 bits per heavy atom. The van der Waals surface area contributed by atoms with Crippen molar-refractivity contribution in [2.24, 2.45) is 5.92 Å². The molecule has 0 atom stereocenters. The predicted octanol–water partition coefficient (Wildman–Crippen LogP) is 3.86. The highest BCUT2D eigenvalue weighted by Crippen LogP contribution is 2.29. The second kappa shape index (κ2) is 10.0. The van der Waals surface area contributed by atoms with Crippen molar-refractivity contribution < 1.29 is 17.9 Å². The van der Waals surface area contributed by atoms with Gasteiger partial charge in [0.25, 0.3) is 0 Å². The van der Waals surface area contributed by atoms with Crippen molar-refractivity contribution in [3.05, 3.63) is 63.6 Å². The largest absolute Gasteiger partial charge is 0.497 e. The van der Waals surface area contributed by atoms with Gasteiger partial charge in [-0.15, -0.1) is 0 Å². The van der Waals surface area contributed by atoms with Gasteiger partial charge in [0, 0.05) is 41.2 Å². The Labute approximate surface area is 187 Å². The molecule has 3 rings (SSSR count). The minimum atomic E-state index is -3.57. The number of halogens is 2. The van der Waals surface area contributed by atoms with Crippen LogP contribution in [0, 0.1) is 5.92 Å².